The molecular formula is C19H23N3O3S. The number of para-hydroxylation sites is 1. The Kier molecular flexibility index (Phi) is 5.58. The fourth-order valence-electron chi connectivity index (χ4n) is 3.05. The second-order valence-electron chi connectivity index (χ2n) is 6.08. The molecular weight excluding hydrogens is 350 g/mol. The Morgan fingerprint density at radius 3 is 2.42 bits per heavy atom. The van der Waals surface area contributed by atoms with E-state index in [-0.39, 0.29) is 10.8 Å². The second-order valence-corrected chi connectivity index (χ2v) is 7.94. The quantitative estimate of drug-likeness (QED) is 0.870. The van der Waals surface area contributed by atoms with Gasteiger partial charge in [0.2, 0.25) is 0 Å². The predicted molar refractivity (Wildman–Crippen MR) is 102 cm³/mol. The highest BCUT2D eigenvalue weighted by Gasteiger charge is 2.25. The maximum absolute atomic E-state index is 13.1. The number of benzene rings is 2. The Morgan fingerprint density at radius 2 is 1.77 bits per heavy atom. The van der Waals surface area contributed by atoms with E-state index in [0.717, 1.165) is 13.1 Å². The molecule has 2 aromatic carbocycles. The van der Waals surface area contributed by atoms with Crippen molar-refractivity contribution in [2.75, 3.05) is 37.0 Å². The minimum Gasteiger partial charge on any atom is -0.336 e. The van der Waals surface area contributed by atoms with Crippen LogP contribution in [-0.4, -0.2) is 51.9 Å². The first kappa shape index (κ1) is 18.4. The van der Waals surface area contributed by atoms with Gasteiger partial charge in [-0.05, 0) is 37.3 Å². The molecule has 7 heteroatoms. The molecule has 0 aliphatic carbocycles. The van der Waals surface area contributed by atoms with E-state index in [4.69, 9.17) is 0 Å². The van der Waals surface area contributed by atoms with Crippen molar-refractivity contribution in [1.82, 2.24) is 10.2 Å². The van der Waals surface area contributed by atoms with Gasteiger partial charge in [0.15, 0.2) is 0 Å². The molecule has 1 fully saturated rings. The number of nitrogens with zero attached hydrogens (tertiary/aromatic N) is 2. The third-order valence-electron chi connectivity index (χ3n) is 4.40. The van der Waals surface area contributed by atoms with Crippen molar-refractivity contribution in [3.8, 4) is 0 Å². The Labute approximate surface area is 154 Å². The molecule has 0 saturated carbocycles. The van der Waals surface area contributed by atoms with Gasteiger partial charge in [-0.15, -0.1) is 0 Å². The zero-order valence-electron chi connectivity index (χ0n) is 14.8. The van der Waals surface area contributed by atoms with Crippen LogP contribution in [0, 0.1) is 0 Å². The molecule has 1 aliphatic heterocycles. The monoisotopic (exact) mass is 373 g/mol. The van der Waals surface area contributed by atoms with Crippen molar-refractivity contribution in [3.63, 3.8) is 0 Å². The van der Waals surface area contributed by atoms with Gasteiger partial charge in [0, 0.05) is 38.3 Å². The Balaban J connectivity index is 1.92. The summed E-state index contributed by atoms with van der Waals surface area (Å²) >= 11 is 0. The first-order valence-corrected chi connectivity index (χ1v) is 10.2. The fourth-order valence-corrected chi connectivity index (χ4v) is 4.57. The van der Waals surface area contributed by atoms with Gasteiger partial charge >= 0.3 is 0 Å². The van der Waals surface area contributed by atoms with Gasteiger partial charge in [-0.3, -0.25) is 9.10 Å². The number of carbonyl (C=O) groups excluding carboxylic acids is 1. The van der Waals surface area contributed by atoms with Crippen LogP contribution in [0.4, 0.5) is 5.69 Å². The molecule has 1 aliphatic rings. The van der Waals surface area contributed by atoms with E-state index in [0.29, 0.717) is 30.9 Å². The van der Waals surface area contributed by atoms with E-state index < -0.39 is 10.0 Å². The number of anilines is 1. The highest BCUT2D eigenvalue weighted by Crippen LogP contribution is 2.24. The van der Waals surface area contributed by atoms with Crippen LogP contribution in [0.15, 0.2) is 59.5 Å². The molecule has 3 rings (SSSR count). The zero-order valence-corrected chi connectivity index (χ0v) is 15.6. The highest BCUT2D eigenvalue weighted by molar-refractivity contribution is 7.92. The molecule has 0 unspecified atom stereocenters. The number of nitrogens with one attached hydrogen (secondary N) is 1. The van der Waals surface area contributed by atoms with E-state index in [9.17, 15) is 13.2 Å². The molecule has 1 saturated heterocycles. The average Bonchev–Trinajstić information content (AvgIpc) is 2.69. The van der Waals surface area contributed by atoms with Gasteiger partial charge in [0.25, 0.3) is 15.9 Å². The molecule has 0 bridgehead atoms. The Bertz CT molecular complexity index is 863. The molecule has 1 heterocycles. The topological polar surface area (TPSA) is 69.7 Å². The lowest BCUT2D eigenvalue weighted by Crippen LogP contribution is -2.46. The van der Waals surface area contributed by atoms with Crippen LogP contribution in [0.3, 0.4) is 0 Å². The van der Waals surface area contributed by atoms with Crippen LogP contribution in [-0.2, 0) is 10.0 Å². The van der Waals surface area contributed by atoms with Gasteiger partial charge in [-0.1, -0.05) is 24.3 Å². The van der Waals surface area contributed by atoms with E-state index in [1.54, 1.807) is 48.2 Å². The SMILES string of the molecule is CCN(c1ccccc1)S(=O)(=O)c1cccc(C(=O)N2CCNCC2)c1. The summed E-state index contributed by atoms with van der Waals surface area (Å²) in [7, 11) is -3.74. The summed E-state index contributed by atoms with van der Waals surface area (Å²) in [6.45, 7) is 4.85. The molecule has 1 amide bonds. The van der Waals surface area contributed by atoms with E-state index in [1.165, 1.54) is 16.4 Å². The summed E-state index contributed by atoms with van der Waals surface area (Å²) in [6.07, 6.45) is 0. The third kappa shape index (κ3) is 3.73. The van der Waals surface area contributed by atoms with E-state index in [1.807, 2.05) is 6.07 Å². The molecule has 0 radical (unpaired) electrons. The summed E-state index contributed by atoms with van der Waals surface area (Å²) in [5.74, 6) is -0.133. The molecule has 0 spiro atoms. The number of hydrogen-bond donors (Lipinski definition) is 1. The average molecular weight is 373 g/mol. The highest BCUT2D eigenvalue weighted by atomic mass is 32.2. The number of rotatable bonds is 5. The maximum Gasteiger partial charge on any atom is 0.264 e. The molecule has 6 nitrogen and oxygen atoms in total. The van der Waals surface area contributed by atoms with Crippen LogP contribution in [0.2, 0.25) is 0 Å². The Hall–Kier alpha value is -2.38. The van der Waals surface area contributed by atoms with Crippen LogP contribution < -0.4 is 9.62 Å². The lowest BCUT2D eigenvalue weighted by molar-refractivity contribution is 0.0735. The lowest BCUT2D eigenvalue weighted by atomic mass is 10.2. The smallest absolute Gasteiger partial charge is 0.264 e. The van der Waals surface area contributed by atoms with Crippen LogP contribution >= 0.6 is 0 Å². The number of amides is 1. The summed E-state index contributed by atoms with van der Waals surface area (Å²) in [4.78, 5) is 14.6. The summed E-state index contributed by atoms with van der Waals surface area (Å²) < 4.78 is 27.6. The molecule has 138 valence electrons. The van der Waals surface area contributed by atoms with Crippen LogP contribution in [0.25, 0.3) is 0 Å². The second kappa shape index (κ2) is 7.88. The summed E-state index contributed by atoms with van der Waals surface area (Å²) in [6, 6.07) is 15.3. The van der Waals surface area contributed by atoms with Crippen molar-refractivity contribution in [2.24, 2.45) is 0 Å². The van der Waals surface area contributed by atoms with Crippen molar-refractivity contribution in [2.45, 2.75) is 11.8 Å². The molecule has 0 aromatic heterocycles. The third-order valence-corrected chi connectivity index (χ3v) is 6.30. The minimum atomic E-state index is -3.74. The van der Waals surface area contributed by atoms with E-state index >= 15 is 0 Å². The standard InChI is InChI=1S/C19H23N3O3S/c1-2-22(17-8-4-3-5-9-17)26(24,25)18-10-6-7-16(15-18)19(23)21-13-11-20-12-14-21/h3-10,15,20H,2,11-14H2,1H3. The van der Waals surface area contributed by atoms with Crippen LogP contribution in [0.1, 0.15) is 17.3 Å². The number of piperazine rings is 1. The molecule has 26 heavy (non-hydrogen) atoms. The maximum atomic E-state index is 13.1. The van der Waals surface area contributed by atoms with Gasteiger partial charge in [-0.25, -0.2) is 8.42 Å². The zero-order chi connectivity index (χ0) is 18.6. The number of sulfonamides is 1. The minimum absolute atomic E-state index is 0.129. The first-order chi connectivity index (χ1) is 12.5. The van der Waals surface area contributed by atoms with E-state index in [2.05, 4.69) is 5.32 Å². The number of carbonyl (C=O) groups is 1. The number of hydrogen-bond acceptors (Lipinski definition) is 4. The van der Waals surface area contributed by atoms with Crippen molar-refractivity contribution >= 4 is 21.6 Å². The van der Waals surface area contributed by atoms with Gasteiger partial charge in [0.1, 0.15) is 0 Å². The fraction of sp³-hybridized carbons (Fsp3) is 0.316. The molecule has 2 aromatic rings. The molecule has 1 N–H and O–H groups in total. The first-order valence-electron chi connectivity index (χ1n) is 8.72. The van der Waals surface area contributed by atoms with Gasteiger partial charge in [0.05, 0.1) is 10.6 Å². The lowest BCUT2D eigenvalue weighted by Gasteiger charge is -2.28. The van der Waals surface area contributed by atoms with Crippen molar-refractivity contribution in [3.05, 3.63) is 60.2 Å². The summed E-state index contributed by atoms with van der Waals surface area (Å²) in [5.41, 5.74) is 1.01. The summed E-state index contributed by atoms with van der Waals surface area (Å²) in [5, 5.41) is 3.20. The van der Waals surface area contributed by atoms with Gasteiger partial charge < -0.3 is 10.2 Å². The predicted octanol–water partition coefficient (Wildman–Crippen LogP) is 1.95. The van der Waals surface area contributed by atoms with Gasteiger partial charge in [-0.2, -0.15) is 0 Å². The van der Waals surface area contributed by atoms with Crippen molar-refractivity contribution in [1.29, 1.82) is 0 Å². The normalized spacial score (nSPS) is 14.9. The van der Waals surface area contributed by atoms with Crippen molar-refractivity contribution < 1.29 is 13.2 Å². The van der Waals surface area contributed by atoms with Crippen LogP contribution in [0.5, 0.6) is 0 Å². The largest absolute Gasteiger partial charge is 0.336 e. The Morgan fingerprint density at radius 1 is 1.08 bits per heavy atom. The molecule has 0 atom stereocenters.